The number of allylic oxidation sites excluding steroid dienone is 2. The van der Waals surface area contributed by atoms with Crippen molar-refractivity contribution in [3.05, 3.63) is 36.4 Å². The summed E-state index contributed by atoms with van der Waals surface area (Å²) in [6.45, 7) is 2.26. The average molecular weight is 356 g/mol. The van der Waals surface area contributed by atoms with Gasteiger partial charge < -0.3 is 0 Å². The van der Waals surface area contributed by atoms with E-state index in [0.29, 0.717) is 6.42 Å². The Hall–Kier alpha value is -1.97. The van der Waals surface area contributed by atoms with E-state index in [2.05, 4.69) is 29.4 Å². The number of hydrogen-bond acceptors (Lipinski definition) is 3. The molecule has 0 amide bonds. The largest absolute Gasteiger partial charge is 0.272 e. The SMILES string of the molecule is CCCCCCCCCCC/C=C/CCC(=O)n1nnc2ccccc21. The molecular formula is C22H33N3O. The van der Waals surface area contributed by atoms with E-state index < -0.39 is 0 Å². The van der Waals surface area contributed by atoms with Gasteiger partial charge in [0.25, 0.3) is 0 Å². The average Bonchev–Trinajstić information content (AvgIpc) is 3.09. The van der Waals surface area contributed by atoms with Gasteiger partial charge in [0.1, 0.15) is 5.52 Å². The molecule has 1 aromatic heterocycles. The van der Waals surface area contributed by atoms with Crippen LogP contribution in [-0.2, 0) is 0 Å². The quantitative estimate of drug-likeness (QED) is 0.311. The topological polar surface area (TPSA) is 47.8 Å². The van der Waals surface area contributed by atoms with Crippen LogP contribution in [0.5, 0.6) is 0 Å². The maximum atomic E-state index is 12.2. The third-order valence-corrected chi connectivity index (χ3v) is 4.75. The van der Waals surface area contributed by atoms with Gasteiger partial charge in [-0.1, -0.05) is 87.8 Å². The maximum Gasteiger partial charge on any atom is 0.249 e. The molecule has 0 aliphatic carbocycles. The molecule has 2 aromatic rings. The number of rotatable bonds is 13. The second-order valence-electron chi connectivity index (χ2n) is 7.01. The zero-order valence-corrected chi connectivity index (χ0v) is 16.2. The van der Waals surface area contributed by atoms with Gasteiger partial charge >= 0.3 is 0 Å². The number of hydrogen-bond donors (Lipinski definition) is 0. The van der Waals surface area contributed by atoms with E-state index in [9.17, 15) is 4.79 Å². The Morgan fingerprint density at radius 2 is 1.58 bits per heavy atom. The number of fused-ring (bicyclic) bond motifs is 1. The van der Waals surface area contributed by atoms with E-state index in [0.717, 1.165) is 23.9 Å². The highest BCUT2D eigenvalue weighted by Crippen LogP contribution is 2.12. The summed E-state index contributed by atoms with van der Waals surface area (Å²) in [4.78, 5) is 12.2. The van der Waals surface area contributed by atoms with Crippen molar-refractivity contribution in [1.29, 1.82) is 0 Å². The van der Waals surface area contributed by atoms with Crippen LogP contribution in [0.2, 0.25) is 0 Å². The molecular weight excluding hydrogens is 322 g/mol. The van der Waals surface area contributed by atoms with Crippen molar-refractivity contribution >= 4 is 16.9 Å². The third kappa shape index (κ3) is 7.11. The van der Waals surface area contributed by atoms with Crippen molar-refractivity contribution in [2.24, 2.45) is 0 Å². The van der Waals surface area contributed by atoms with E-state index >= 15 is 0 Å². The summed E-state index contributed by atoms with van der Waals surface area (Å²) in [5.41, 5.74) is 1.55. The summed E-state index contributed by atoms with van der Waals surface area (Å²) in [6, 6.07) is 7.56. The molecule has 26 heavy (non-hydrogen) atoms. The van der Waals surface area contributed by atoms with Crippen molar-refractivity contribution in [3.63, 3.8) is 0 Å². The third-order valence-electron chi connectivity index (χ3n) is 4.75. The molecule has 1 heterocycles. The molecule has 2 rings (SSSR count). The Kier molecular flexibility index (Phi) is 9.70. The fourth-order valence-electron chi connectivity index (χ4n) is 3.17. The molecule has 1 aromatic carbocycles. The van der Waals surface area contributed by atoms with Gasteiger partial charge in [0.05, 0.1) is 5.52 Å². The van der Waals surface area contributed by atoms with Crippen molar-refractivity contribution in [3.8, 4) is 0 Å². The highest BCUT2D eigenvalue weighted by Gasteiger charge is 2.10. The number of carbonyl (C=O) groups is 1. The number of para-hydroxylation sites is 1. The Morgan fingerprint density at radius 3 is 2.35 bits per heavy atom. The van der Waals surface area contributed by atoms with Crippen LogP contribution in [0, 0.1) is 0 Å². The summed E-state index contributed by atoms with van der Waals surface area (Å²) in [6.07, 6.45) is 19.0. The lowest BCUT2D eigenvalue weighted by Crippen LogP contribution is -2.11. The van der Waals surface area contributed by atoms with Crippen LogP contribution in [0.15, 0.2) is 36.4 Å². The molecule has 4 nitrogen and oxygen atoms in total. The molecule has 4 heteroatoms. The van der Waals surface area contributed by atoms with Crippen LogP contribution in [0.4, 0.5) is 0 Å². The fourth-order valence-corrected chi connectivity index (χ4v) is 3.17. The van der Waals surface area contributed by atoms with Gasteiger partial charge in [-0.3, -0.25) is 4.79 Å². The second kappa shape index (κ2) is 12.4. The predicted molar refractivity (Wildman–Crippen MR) is 108 cm³/mol. The van der Waals surface area contributed by atoms with Gasteiger partial charge in [-0.15, -0.1) is 5.10 Å². The summed E-state index contributed by atoms with van der Waals surface area (Å²) in [5, 5.41) is 8.00. The van der Waals surface area contributed by atoms with Crippen LogP contribution in [0.1, 0.15) is 88.8 Å². The lowest BCUT2D eigenvalue weighted by Gasteiger charge is -2.01. The standard InChI is InChI=1S/C22H33N3O/c1-2-3-4-5-6-7-8-9-10-11-12-13-14-19-22(26)25-21-18-16-15-17-20(21)23-24-25/h12-13,15-18H,2-11,14,19H2,1H3/b13-12+. The fraction of sp³-hybridized carbons (Fsp3) is 0.591. The normalized spacial score (nSPS) is 11.6. The first kappa shape index (κ1) is 20.3. The van der Waals surface area contributed by atoms with Gasteiger partial charge in [-0.05, 0) is 31.4 Å². The predicted octanol–water partition coefficient (Wildman–Crippen LogP) is 6.33. The van der Waals surface area contributed by atoms with Gasteiger partial charge in [-0.2, -0.15) is 4.68 Å². The zero-order valence-electron chi connectivity index (χ0n) is 16.2. The number of benzene rings is 1. The van der Waals surface area contributed by atoms with Crippen LogP contribution in [0.3, 0.4) is 0 Å². The van der Waals surface area contributed by atoms with E-state index in [-0.39, 0.29) is 5.91 Å². The lowest BCUT2D eigenvalue weighted by atomic mass is 10.1. The Balaban J connectivity index is 1.51. The lowest BCUT2D eigenvalue weighted by molar-refractivity contribution is 0.0891. The van der Waals surface area contributed by atoms with Crippen molar-refractivity contribution < 1.29 is 4.79 Å². The van der Waals surface area contributed by atoms with Crippen LogP contribution < -0.4 is 0 Å². The minimum Gasteiger partial charge on any atom is -0.272 e. The minimum atomic E-state index is 0.00595. The summed E-state index contributed by atoms with van der Waals surface area (Å²) in [5.74, 6) is 0.00595. The van der Waals surface area contributed by atoms with E-state index in [1.165, 1.54) is 62.5 Å². The summed E-state index contributed by atoms with van der Waals surface area (Å²) < 4.78 is 1.42. The monoisotopic (exact) mass is 355 g/mol. The van der Waals surface area contributed by atoms with Crippen molar-refractivity contribution in [1.82, 2.24) is 15.0 Å². The van der Waals surface area contributed by atoms with Crippen molar-refractivity contribution in [2.75, 3.05) is 0 Å². The number of unbranched alkanes of at least 4 members (excludes halogenated alkanes) is 9. The highest BCUT2D eigenvalue weighted by molar-refractivity contribution is 5.88. The van der Waals surface area contributed by atoms with Gasteiger partial charge in [0.2, 0.25) is 5.91 Å². The second-order valence-corrected chi connectivity index (χ2v) is 7.01. The smallest absolute Gasteiger partial charge is 0.249 e. The van der Waals surface area contributed by atoms with Crippen LogP contribution >= 0.6 is 0 Å². The minimum absolute atomic E-state index is 0.00595. The van der Waals surface area contributed by atoms with E-state index in [1.807, 2.05) is 24.3 Å². The molecule has 0 atom stereocenters. The Labute approximate surface area is 157 Å². The van der Waals surface area contributed by atoms with Gasteiger partial charge in [0, 0.05) is 6.42 Å². The molecule has 0 saturated carbocycles. The van der Waals surface area contributed by atoms with Crippen LogP contribution in [0.25, 0.3) is 11.0 Å². The maximum absolute atomic E-state index is 12.2. The number of carbonyl (C=O) groups excluding carboxylic acids is 1. The van der Waals surface area contributed by atoms with Crippen molar-refractivity contribution in [2.45, 2.75) is 84.0 Å². The molecule has 0 fully saturated rings. The molecule has 0 aliphatic rings. The summed E-state index contributed by atoms with van der Waals surface area (Å²) in [7, 11) is 0. The van der Waals surface area contributed by atoms with Gasteiger partial charge in [0.15, 0.2) is 0 Å². The van der Waals surface area contributed by atoms with E-state index in [1.54, 1.807) is 0 Å². The molecule has 0 aliphatic heterocycles. The summed E-state index contributed by atoms with van der Waals surface area (Å²) >= 11 is 0. The first-order valence-corrected chi connectivity index (χ1v) is 10.3. The molecule has 0 N–H and O–H groups in total. The molecule has 0 radical (unpaired) electrons. The van der Waals surface area contributed by atoms with Crippen LogP contribution in [-0.4, -0.2) is 20.9 Å². The number of nitrogens with zero attached hydrogens (tertiary/aromatic N) is 3. The first-order chi connectivity index (χ1) is 12.8. The Bertz CT molecular complexity index is 675. The number of aromatic nitrogens is 3. The van der Waals surface area contributed by atoms with E-state index in [4.69, 9.17) is 0 Å². The molecule has 0 unspecified atom stereocenters. The molecule has 142 valence electrons. The zero-order chi connectivity index (χ0) is 18.5. The van der Waals surface area contributed by atoms with Gasteiger partial charge in [-0.25, -0.2) is 0 Å². The molecule has 0 spiro atoms. The Morgan fingerprint density at radius 1 is 0.923 bits per heavy atom. The highest BCUT2D eigenvalue weighted by atomic mass is 16.2. The first-order valence-electron chi connectivity index (χ1n) is 10.3. The molecule has 0 saturated heterocycles. The molecule has 0 bridgehead atoms.